The van der Waals surface area contributed by atoms with Crippen LogP contribution in [0.2, 0.25) is 0 Å². The first kappa shape index (κ1) is 14.3. The Balaban J connectivity index is 2.40. The van der Waals surface area contributed by atoms with E-state index in [4.69, 9.17) is 4.74 Å². The van der Waals surface area contributed by atoms with Crippen molar-refractivity contribution in [1.82, 2.24) is 0 Å². The normalized spacial score (nSPS) is 11.9. The second-order valence-corrected chi connectivity index (χ2v) is 4.72. The van der Waals surface area contributed by atoms with Gasteiger partial charge in [-0.05, 0) is 36.1 Å². The summed E-state index contributed by atoms with van der Waals surface area (Å²) in [7, 11) is 0. The third kappa shape index (κ3) is 2.87. The minimum atomic E-state index is -0.571. The zero-order chi connectivity index (χ0) is 14.5. The molecule has 104 valence electrons. The third-order valence-corrected chi connectivity index (χ3v) is 3.41. The number of hydrogen-bond donors (Lipinski definition) is 0. The van der Waals surface area contributed by atoms with Crippen molar-refractivity contribution in [3.8, 4) is 11.5 Å². The van der Waals surface area contributed by atoms with Gasteiger partial charge in [0.15, 0.2) is 6.29 Å². The predicted octanol–water partition coefficient (Wildman–Crippen LogP) is 4.94. The van der Waals surface area contributed by atoms with E-state index in [2.05, 4.69) is 13.8 Å². The molecule has 2 nitrogen and oxygen atoms in total. The van der Waals surface area contributed by atoms with E-state index in [9.17, 15) is 9.18 Å². The molecule has 0 aliphatic carbocycles. The molecule has 0 aromatic heterocycles. The summed E-state index contributed by atoms with van der Waals surface area (Å²) >= 11 is 0. The van der Waals surface area contributed by atoms with Gasteiger partial charge in [-0.15, -0.1) is 0 Å². The molecular formula is C17H17FO2. The fraction of sp³-hybridized carbons (Fsp3) is 0.235. The Morgan fingerprint density at radius 2 is 1.85 bits per heavy atom. The van der Waals surface area contributed by atoms with Crippen LogP contribution in [0.3, 0.4) is 0 Å². The maximum atomic E-state index is 13.6. The van der Waals surface area contributed by atoms with Crippen LogP contribution in [0.5, 0.6) is 11.5 Å². The Morgan fingerprint density at radius 3 is 2.55 bits per heavy atom. The van der Waals surface area contributed by atoms with Crippen molar-refractivity contribution < 1.29 is 13.9 Å². The number of carbonyl (C=O) groups excluding carboxylic acids is 1. The Bertz CT molecular complexity index is 608. The van der Waals surface area contributed by atoms with Crippen LogP contribution < -0.4 is 4.74 Å². The number of carbonyl (C=O) groups is 1. The van der Waals surface area contributed by atoms with Crippen LogP contribution in [0.1, 0.15) is 42.1 Å². The highest BCUT2D eigenvalue weighted by Crippen LogP contribution is 2.33. The lowest BCUT2D eigenvalue weighted by Crippen LogP contribution is -1.99. The molecule has 0 saturated heterocycles. The van der Waals surface area contributed by atoms with Gasteiger partial charge in [-0.2, -0.15) is 0 Å². The van der Waals surface area contributed by atoms with E-state index in [1.165, 1.54) is 12.1 Å². The third-order valence-electron chi connectivity index (χ3n) is 3.41. The molecule has 0 heterocycles. The summed E-state index contributed by atoms with van der Waals surface area (Å²) in [6, 6.07) is 12.0. The summed E-state index contributed by atoms with van der Waals surface area (Å²) in [4.78, 5) is 11.0. The van der Waals surface area contributed by atoms with Crippen LogP contribution in [0.4, 0.5) is 4.39 Å². The second-order valence-electron chi connectivity index (χ2n) is 4.72. The SMILES string of the molecule is CCC(C)c1ccccc1Oc1cccc(F)c1C=O. The van der Waals surface area contributed by atoms with E-state index in [1.54, 1.807) is 6.07 Å². The van der Waals surface area contributed by atoms with Crippen molar-refractivity contribution >= 4 is 6.29 Å². The lowest BCUT2D eigenvalue weighted by molar-refractivity contribution is 0.111. The largest absolute Gasteiger partial charge is 0.456 e. The van der Waals surface area contributed by atoms with Crippen LogP contribution in [-0.2, 0) is 0 Å². The van der Waals surface area contributed by atoms with Gasteiger partial charge in [-0.3, -0.25) is 4.79 Å². The first-order chi connectivity index (χ1) is 9.67. The van der Waals surface area contributed by atoms with E-state index in [0.717, 1.165) is 12.0 Å². The van der Waals surface area contributed by atoms with Gasteiger partial charge in [0, 0.05) is 0 Å². The highest BCUT2D eigenvalue weighted by molar-refractivity contribution is 5.79. The van der Waals surface area contributed by atoms with Crippen molar-refractivity contribution in [1.29, 1.82) is 0 Å². The van der Waals surface area contributed by atoms with Crippen LogP contribution in [-0.4, -0.2) is 6.29 Å². The van der Waals surface area contributed by atoms with Gasteiger partial charge in [-0.25, -0.2) is 4.39 Å². The van der Waals surface area contributed by atoms with E-state index in [0.29, 0.717) is 18.0 Å². The van der Waals surface area contributed by atoms with Gasteiger partial charge in [0.1, 0.15) is 17.3 Å². The van der Waals surface area contributed by atoms with Gasteiger partial charge >= 0.3 is 0 Å². The highest BCUT2D eigenvalue weighted by Gasteiger charge is 2.13. The van der Waals surface area contributed by atoms with Crippen LogP contribution >= 0.6 is 0 Å². The number of aldehydes is 1. The minimum absolute atomic E-state index is 0.0496. The second kappa shape index (κ2) is 6.33. The van der Waals surface area contributed by atoms with Crippen molar-refractivity contribution in [2.24, 2.45) is 0 Å². The van der Waals surface area contributed by atoms with Crippen LogP contribution in [0.25, 0.3) is 0 Å². The molecule has 0 fully saturated rings. The molecule has 1 unspecified atom stereocenters. The lowest BCUT2D eigenvalue weighted by atomic mass is 9.98. The molecule has 2 rings (SSSR count). The summed E-state index contributed by atoms with van der Waals surface area (Å²) in [5.74, 6) is 0.671. The first-order valence-corrected chi connectivity index (χ1v) is 6.67. The Labute approximate surface area is 118 Å². The Kier molecular flexibility index (Phi) is 4.51. The molecule has 0 aliphatic rings. The topological polar surface area (TPSA) is 26.3 Å². The molecule has 0 aliphatic heterocycles. The predicted molar refractivity (Wildman–Crippen MR) is 77.0 cm³/mol. The van der Waals surface area contributed by atoms with E-state index < -0.39 is 5.82 Å². The molecule has 2 aromatic carbocycles. The molecule has 0 radical (unpaired) electrons. The summed E-state index contributed by atoms with van der Waals surface area (Å²) in [5, 5.41) is 0. The summed E-state index contributed by atoms with van der Waals surface area (Å²) in [5.41, 5.74) is 1.00. The average molecular weight is 272 g/mol. The van der Waals surface area contributed by atoms with Gasteiger partial charge in [0.25, 0.3) is 0 Å². The van der Waals surface area contributed by atoms with Gasteiger partial charge in [-0.1, -0.05) is 38.1 Å². The van der Waals surface area contributed by atoms with E-state index >= 15 is 0 Å². The molecule has 2 aromatic rings. The molecule has 0 N–H and O–H groups in total. The molecule has 20 heavy (non-hydrogen) atoms. The van der Waals surface area contributed by atoms with Crippen molar-refractivity contribution in [3.05, 3.63) is 59.4 Å². The van der Waals surface area contributed by atoms with Crippen LogP contribution in [0, 0.1) is 5.82 Å². The molecular weight excluding hydrogens is 255 g/mol. The number of hydrogen-bond acceptors (Lipinski definition) is 2. The standard InChI is InChI=1S/C17H17FO2/c1-3-12(2)13-7-4-5-9-16(13)20-17-10-6-8-15(18)14(17)11-19/h4-12H,3H2,1-2H3. The first-order valence-electron chi connectivity index (χ1n) is 6.67. The molecule has 0 amide bonds. The average Bonchev–Trinajstić information content (AvgIpc) is 2.47. The number of ether oxygens (including phenoxy) is 1. The monoisotopic (exact) mass is 272 g/mol. The van der Waals surface area contributed by atoms with Gasteiger partial charge in [0.05, 0.1) is 5.56 Å². The summed E-state index contributed by atoms with van der Waals surface area (Å²) < 4.78 is 19.3. The summed E-state index contributed by atoms with van der Waals surface area (Å²) in [6.07, 6.45) is 1.46. The molecule has 0 saturated carbocycles. The maximum absolute atomic E-state index is 13.6. The molecule has 0 spiro atoms. The minimum Gasteiger partial charge on any atom is -0.456 e. The molecule has 3 heteroatoms. The number of benzene rings is 2. The Hall–Kier alpha value is -2.16. The maximum Gasteiger partial charge on any atom is 0.156 e. The molecule has 0 bridgehead atoms. The van der Waals surface area contributed by atoms with Crippen molar-refractivity contribution in [2.75, 3.05) is 0 Å². The number of halogens is 1. The van der Waals surface area contributed by atoms with Crippen LogP contribution in [0.15, 0.2) is 42.5 Å². The Morgan fingerprint density at radius 1 is 1.15 bits per heavy atom. The quantitative estimate of drug-likeness (QED) is 0.720. The lowest BCUT2D eigenvalue weighted by Gasteiger charge is -2.16. The fourth-order valence-electron chi connectivity index (χ4n) is 2.04. The summed E-state index contributed by atoms with van der Waals surface area (Å²) in [6.45, 7) is 4.20. The molecule has 1 atom stereocenters. The highest BCUT2D eigenvalue weighted by atomic mass is 19.1. The van der Waals surface area contributed by atoms with E-state index in [-0.39, 0.29) is 11.3 Å². The fourth-order valence-corrected chi connectivity index (χ4v) is 2.04. The van der Waals surface area contributed by atoms with E-state index in [1.807, 2.05) is 24.3 Å². The zero-order valence-electron chi connectivity index (χ0n) is 11.6. The van der Waals surface area contributed by atoms with Gasteiger partial charge < -0.3 is 4.74 Å². The van der Waals surface area contributed by atoms with Crippen molar-refractivity contribution in [2.45, 2.75) is 26.2 Å². The number of rotatable bonds is 5. The zero-order valence-corrected chi connectivity index (χ0v) is 11.6. The smallest absolute Gasteiger partial charge is 0.156 e. The number of para-hydroxylation sites is 1. The van der Waals surface area contributed by atoms with Gasteiger partial charge in [0.2, 0.25) is 0 Å². The van der Waals surface area contributed by atoms with Crippen molar-refractivity contribution in [3.63, 3.8) is 0 Å².